The third-order valence-corrected chi connectivity index (χ3v) is 6.28. The number of halogens is 1. The van der Waals surface area contributed by atoms with Crippen molar-refractivity contribution in [2.24, 2.45) is 0 Å². The second kappa shape index (κ2) is 7.50. The van der Waals surface area contributed by atoms with Crippen LogP contribution in [-0.2, 0) is 4.79 Å². The Labute approximate surface area is 190 Å². The van der Waals surface area contributed by atoms with Crippen LogP contribution in [0.4, 0.5) is 11.4 Å². The second-order valence-corrected chi connectivity index (χ2v) is 8.52. The lowest BCUT2D eigenvalue weighted by Gasteiger charge is -2.49. The fourth-order valence-corrected chi connectivity index (χ4v) is 4.50. The fourth-order valence-electron chi connectivity index (χ4n) is 4.38. The highest BCUT2D eigenvalue weighted by molar-refractivity contribution is 6.30. The Kier molecular flexibility index (Phi) is 4.75. The number of amides is 3. The maximum absolute atomic E-state index is 13.4. The van der Waals surface area contributed by atoms with Crippen molar-refractivity contribution in [1.82, 2.24) is 4.90 Å². The number of imide groups is 1. The lowest BCUT2D eigenvalue weighted by atomic mass is 9.86. The molecule has 0 radical (unpaired) electrons. The summed E-state index contributed by atoms with van der Waals surface area (Å²) in [7, 11) is 3.90. The Bertz CT molecular complexity index is 1200. The van der Waals surface area contributed by atoms with E-state index in [1.54, 1.807) is 53.4 Å². The van der Waals surface area contributed by atoms with Gasteiger partial charge < -0.3 is 9.80 Å². The molecule has 7 heteroatoms. The quantitative estimate of drug-likeness (QED) is 0.447. The molecule has 0 bridgehead atoms. The number of rotatable bonds is 4. The van der Waals surface area contributed by atoms with Gasteiger partial charge in [0.2, 0.25) is 0 Å². The molecule has 5 rings (SSSR count). The van der Waals surface area contributed by atoms with E-state index in [2.05, 4.69) is 0 Å². The first-order valence-electron chi connectivity index (χ1n) is 10.2. The molecule has 1 fully saturated rings. The first-order valence-corrected chi connectivity index (χ1v) is 10.6. The van der Waals surface area contributed by atoms with Crippen molar-refractivity contribution < 1.29 is 14.4 Å². The predicted octanol–water partition coefficient (Wildman–Crippen LogP) is 4.16. The van der Waals surface area contributed by atoms with Crippen LogP contribution in [0.25, 0.3) is 0 Å². The highest BCUT2D eigenvalue weighted by atomic mass is 35.5. The van der Waals surface area contributed by atoms with Gasteiger partial charge in [0.25, 0.3) is 17.7 Å². The summed E-state index contributed by atoms with van der Waals surface area (Å²) in [5.74, 6) is -1.17. The maximum atomic E-state index is 13.4. The molecule has 160 valence electrons. The van der Waals surface area contributed by atoms with E-state index in [0.29, 0.717) is 21.8 Å². The Balaban J connectivity index is 1.57. The topological polar surface area (TPSA) is 60.9 Å². The van der Waals surface area contributed by atoms with Gasteiger partial charge in [0, 0.05) is 30.5 Å². The first kappa shape index (κ1) is 20.3. The van der Waals surface area contributed by atoms with Crippen LogP contribution >= 0.6 is 11.6 Å². The number of carbonyl (C=O) groups is 3. The molecule has 3 aromatic rings. The number of hydrogen-bond donors (Lipinski definition) is 0. The Morgan fingerprint density at radius 1 is 0.719 bits per heavy atom. The molecule has 0 saturated carbocycles. The summed E-state index contributed by atoms with van der Waals surface area (Å²) >= 11 is 6.03. The zero-order valence-electron chi connectivity index (χ0n) is 17.5. The molecule has 2 heterocycles. The van der Waals surface area contributed by atoms with Gasteiger partial charge in [-0.1, -0.05) is 35.9 Å². The van der Waals surface area contributed by atoms with Gasteiger partial charge in [-0.3, -0.25) is 19.3 Å². The van der Waals surface area contributed by atoms with Crippen molar-refractivity contribution >= 4 is 40.7 Å². The molecule has 0 aliphatic carbocycles. The molecular weight excluding hydrogens is 426 g/mol. The molecule has 0 N–H and O–H groups in total. The number of fused-ring (bicyclic) bond motifs is 1. The largest absolute Gasteiger partial charge is 0.378 e. The molecule has 2 aliphatic heterocycles. The van der Waals surface area contributed by atoms with Crippen molar-refractivity contribution in [2.45, 2.75) is 12.1 Å². The van der Waals surface area contributed by atoms with E-state index in [4.69, 9.17) is 11.6 Å². The summed E-state index contributed by atoms with van der Waals surface area (Å²) in [4.78, 5) is 44.3. The zero-order valence-corrected chi connectivity index (χ0v) is 18.3. The maximum Gasteiger partial charge on any atom is 0.262 e. The van der Waals surface area contributed by atoms with Crippen LogP contribution in [0.1, 0.15) is 32.3 Å². The van der Waals surface area contributed by atoms with Gasteiger partial charge in [0.05, 0.1) is 17.2 Å². The molecule has 3 aromatic carbocycles. The van der Waals surface area contributed by atoms with Crippen LogP contribution in [0.15, 0.2) is 72.8 Å². The van der Waals surface area contributed by atoms with Crippen LogP contribution in [0.3, 0.4) is 0 Å². The molecule has 0 unspecified atom stereocenters. The summed E-state index contributed by atoms with van der Waals surface area (Å²) < 4.78 is 0. The summed E-state index contributed by atoms with van der Waals surface area (Å²) in [6.07, 6.45) is 0. The van der Waals surface area contributed by atoms with Gasteiger partial charge in [-0.15, -0.1) is 0 Å². The average Bonchev–Trinajstić information content (AvgIpc) is 3.04. The van der Waals surface area contributed by atoms with E-state index in [-0.39, 0.29) is 5.91 Å². The molecule has 2 aliphatic rings. The number of anilines is 2. The first-order chi connectivity index (χ1) is 15.4. The van der Waals surface area contributed by atoms with Gasteiger partial charge in [0.1, 0.15) is 6.04 Å². The predicted molar refractivity (Wildman–Crippen MR) is 123 cm³/mol. The number of hydrogen-bond acceptors (Lipinski definition) is 4. The highest BCUT2D eigenvalue weighted by Crippen LogP contribution is 2.44. The third kappa shape index (κ3) is 2.99. The Hall–Kier alpha value is -3.64. The van der Waals surface area contributed by atoms with Gasteiger partial charge in [-0.25, -0.2) is 0 Å². The lowest BCUT2D eigenvalue weighted by molar-refractivity contribution is -0.130. The monoisotopic (exact) mass is 445 g/mol. The van der Waals surface area contributed by atoms with E-state index >= 15 is 0 Å². The minimum atomic E-state index is -0.914. The summed E-state index contributed by atoms with van der Waals surface area (Å²) in [6, 6.07) is 20.0. The smallest absolute Gasteiger partial charge is 0.262 e. The number of β-lactam (4-membered cyclic amide) rings is 1. The third-order valence-electron chi connectivity index (χ3n) is 6.03. The molecule has 0 aromatic heterocycles. The highest BCUT2D eigenvalue weighted by Gasteiger charge is 2.57. The lowest BCUT2D eigenvalue weighted by Crippen LogP contribution is -2.67. The van der Waals surface area contributed by atoms with Crippen molar-refractivity contribution in [3.63, 3.8) is 0 Å². The fraction of sp³-hybridized carbons (Fsp3) is 0.160. The zero-order chi connectivity index (χ0) is 22.6. The van der Waals surface area contributed by atoms with Gasteiger partial charge >= 0.3 is 0 Å². The molecule has 2 atom stereocenters. The van der Waals surface area contributed by atoms with Crippen molar-refractivity contribution in [1.29, 1.82) is 0 Å². The molecule has 32 heavy (non-hydrogen) atoms. The second-order valence-electron chi connectivity index (χ2n) is 8.09. The molecular formula is C25H20ClN3O3. The Morgan fingerprint density at radius 3 is 1.81 bits per heavy atom. The normalized spacial score (nSPS) is 19.8. The minimum absolute atomic E-state index is 0.302. The van der Waals surface area contributed by atoms with Gasteiger partial charge in [-0.05, 0) is 54.1 Å². The Morgan fingerprint density at radius 2 is 1.28 bits per heavy atom. The van der Waals surface area contributed by atoms with E-state index in [9.17, 15) is 14.4 Å². The van der Waals surface area contributed by atoms with Crippen molar-refractivity contribution in [3.8, 4) is 0 Å². The van der Waals surface area contributed by atoms with Crippen molar-refractivity contribution in [2.75, 3.05) is 23.9 Å². The van der Waals surface area contributed by atoms with Crippen LogP contribution < -0.4 is 9.80 Å². The number of nitrogens with zero attached hydrogens (tertiary/aromatic N) is 3. The van der Waals surface area contributed by atoms with E-state index in [0.717, 1.165) is 16.2 Å². The SMILES string of the molecule is CN(C)c1ccc([C@@H]2[C@@H](N3C(=O)c4ccccc4C3=O)C(=O)N2c2ccc(Cl)cc2)cc1. The molecule has 3 amide bonds. The summed E-state index contributed by atoms with van der Waals surface area (Å²) in [5.41, 5.74) is 3.17. The van der Waals surface area contributed by atoms with E-state index in [1.807, 2.05) is 43.3 Å². The number of carbonyl (C=O) groups excluding carboxylic acids is 3. The van der Waals surface area contributed by atoms with E-state index < -0.39 is 23.9 Å². The summed E-state index contributed by atoms with van der Waals surface area (Å²) in [5, 5.41) is 0.561. The number of benzene rings is 3. The molecule has 6 nitrogen and oxygen atoms in total. The molecule has 1 saturated heterocycles. The van der Waals surface area contributed by atoms with Crippen LogP contribution in [0.5, 0.6) is 0 Å². The average molecular weight is 446 g/mol. The standard InChI is InChI=1S/C25H20ClN3O3/c1-27(2)17-11-7-15(8-12-17)21-22(25(32)28(21)18-13-9-16(26)10-14-18)29-23(30)19-5-3-4-6-20(19)24(29)31/h3-14,21-22H,1-2H3/t21-,22-/m1/s1. The minimum Gasteiger partial charge on any atom is -0.378 e. The van der Waals surface area contributed by atoms with Crippen LogP contribution in [0, 0.1) is 0 Å². The van der Waals surface area contributed by atoms with Crippen LogP contribution in [-0.4, -0.2) is 42.8 Å². The van der Waals surface area contributed by atoms with Gasteiger partial charge in [-0.2, -0.15) is 0 Å². The van der Waals surface area contributed by atoms with Crippen molar-refractivity contribution in [3.05, 3.63) is 94.5 Å². The van der Waals surface area contributed by atoms with E-state index in [1.165, 1.54) is 0 Å². The summed E-state index contributed by atoms with van der Waals surface area (Å²) in [6.45, 7) is 0. The van der Waals surface area contributed by atoms with Crippen LogP contribution in [0.2, 0.25) is 5.02 Å². The van der Waals surface area contributed by atoms with Gasteiger partial charge in [0.15, 0.2) is 0 Å². The molecule has 0 spiro atoms.